The van der Waals surface area contributed by atoms with Gasteiger partial charge in [0.15, 0.2) is 0 Å². The molecule has 1 aromatic heterocycles. The van der Waals surface area contributed by atoms with Crippen molar-refractivity contribution in [3.05, 3.63) is 16.9 Å². The van der Waals surface area contributed by atoms with Gasteiger partial charge in [0.05, 0.1) is 10.8 Å². The fourth-order valence-corrected chi connectivity index (χ4v) is 3.35. The fourth-order valence-electron chi connectivity index (χ4n) is 1.75. The molecule has 1 aromatic rings. The molecule has 1 aliphatic heterocycles. The highest BCUT2D eigenvalue weighted by Crippen LogP contribution is 2.14. The molecule has 2 unspecified atom stereocenters. The third kappa shape index (κ3) is 4.17. The summed E-state index contributed by atoms with van der Waals surface area (Å²) in [7, 11) is -1.14. The van der Waals surface area contributed by atoms with Crippen molar-refractivity contribution < 1.29 is 4.21 Å². The first-order valence-electron chi connectivity index (χ1n) is 5.25. The minimum Gasteiger partial charge on any atom is -0.316 e. The molecule has 0 amide bonds. The molecule has 0 spiro atoms. The first kappa shape index (κ1) is 14.8. The standard InChI is InChI=1S/C10H14ClN3OS.ClH/c1-7-4-9(11)14-10(13-7)16(15)6-8-2-3-12-5-8;/h4,8,12H,2-3,5-6H2,1H3;1H. The van der Waals surface area contributed by atoms with Gasteiger partial charge in [-0.2, -0.15) is 0 Å². The number of aromatic nitrogens is 2. The lowest BCUT2D eigenvalue weighted by Crippen LogP contribution is -2.16. The van der Waals surface area contributed by atoms with E-state index in [-0.39, 0.29) is 12.4 Å². The highest BCUT2D eigenvalue weighted by molar-refractivity contribution is 7.84. The second kappa shape index (κ2) is 6.64. The third-order valence-electron chi connectivity index (χ3n) is 2.56. The van der Waals surface area contributed by atoms with E-state index >= 15 is 0 Å². The van der Waals surface area contributed by atoms with Gasteiger partial charge in [0.25, 0.3) is 0 Å². The van der Waals surface area contributed by atoms with Crippen molar-refractivity contribution in [2.24, 2.45) is 5.92 Å². The van der Waals surface area contributed by atoms with Crippen molar-refractivity contribution >= 4 is 34.8 Å². The molecule has 2 rings (SSSR count). The Morgan fingerprint density at radius 2 is 2.35 bits per heavy atom. The lowest BCUT2D eigenvalue weighted by Gasteiger charge is -2.07. The van der Waals surface area contributed by atoms with Crippen molar-refractivity contribution in [2.75, 3.05) is 18.8 Å². The molecule has 1 fully saturated rings. The first-order chi connectivity index (χ1) is 7.65. The second-order valence-electron chi connectivity index (χ2n) is 3.99. The van der Waals surface area contributed by atoms with Gasteiger partial charge in [-0.25, -0.2) is 9.97 Å². The van der Waals surface area contributed by atoms with Crippen LogP contribution in [0, 0.1) is 12.8 Å². The minimum absolute atomic E-state index is 0. The Morgan fingerprint density at radius 1 is 1.59 bits per heavy atom. The highest BCUT2D eigenvalue weighted by atomic mass is 35.5. The fraction of sp³-hybridized carbons (Fsp3) is 0.600. The van der Waals surface area contributed by atoms with Crippen LogP contribution in [0.2, 0.25) is 5.15 Å². The lowest BCUT2D eigenvalue weighted by atomic mass is 10.2. The average molecular weight is 296 g/mol. The molecule has 1 N–H and O–H groups in total. The zero-order chi connectivity index (χ0) is 11.5. The van der Waals surface area contributed by atoms with Crippen LogP contribution >= 0.6 is 24.0 Å². The SMILES string of the molecule is Cc1cc(Cl)nc(S(=O)CC2CCNC2)n1.Cl. The van der Waals surface area contributed by atoms with Crippen molar-refractivity contribution in [3.63, 3.8) is 0 Å². The largest absolute Gasteiger partial charge is 0.316 e. The summed E-state index contributed by atoms with van der Waals surface area (Å²) < 4.78 is 12.0. The van der Waals surface area contributed by atoms with Crippen molar-refractivity contribution in [1.82, 2.24) is 15.3 Å². The lowest BCUT2D eigenvalue weighted by molar-refractivity contribution is 0.627. The van der Waals surface area contributed by atoms with Crippen LogP contribution in [0.1, 0.15) is 12.1 Å². The molecule has 4 nitrogen and oxygen atoms in total. The zero-order valence-electron chi connectivity index (χ0n) is 9.48. The van der Waals surface area contributed by atoms with Crippen LogP contribution in [0.15, 0.2) is 11.2 Å². The van der Waals surface area contributed by atoms with E-state index in [1.165, 1.54) is 0 Å². The van der Waals surface area contributed by atoms with Gasteiger partial charge in [0.2, 0.25) is 5.16 Å². The number of nitrogens with one attached hydrogen (secondary N) is 1. The van der Waals surface area contributed by atoms with Gasteiger partial charge >= 0.3 is 0 Å². The number of aryl methyl sites for hydroxylation is 1. The molecule has 1 aliphatic rings. The number of hydrogen-bond donors (Lipinski definition) is 1. The number of halogens is 2. The molecule has 7 heteroatoms. The molecule has 0 bridgehead atoms. The van der Waals surface area contributed by atoms with Gasteiger partial charge in [0, 0.05) is 11.4 Å². The maximum atomic E-state index is 12.0. The van der Waals surface area contributed by atoms with Crippen molar-refractivity contribution in [3.8, 4) is 0 Å². The molecular formula is C10H15Cl2N3OS. The molecule has 0 saturated carbocycles. The van der Waals surface area contributed by atoms with Gasteiger partial charge in [-0.3, -0.25) is 4.21 Å². The zero-order valence-corrected chi connectivity index (χ0v) is 11.9. The third-order valence-corrected chi connectivity index (χ3v) is 4.11. The summed E-state index contributed by atoms with van der Waals surface area (Å²) in [6, 6.07) is 1.67. The number of nitrogens with zero attached hydrogens (tertiary/aromatic N) is 2. The van der Waals surface area contributed by atoms with E-state index < -0.39 is 10.8 Å². The van der Waals surface area contributed by atoms with Gasteiger partial charge in [-0.15, -0.1) is 12.4 Å². The number of hydrogen-bond acceptors (Lipinski definition) is 4. The Balaban J connectivity index is 0.00000144. The smallest absolute Gasteiger partial charge is 0.220 e. The van der Waals surface area contributed by atoms with E-state index in [4.69, 9.17) is 11.6 Å². The molecule has 2 atom stereocenters. The van der Waals surface area contributed by atoms with Gasteiger partial charge < -0.3 is 5.32 Å². The Kier molecular flexibility index (Phi) is 5.79. The van der Waals surface area contributed by atoms with Crippen molar-refractivity contribution in [1.29, 1.82) is 0 Å². The molecule has 0 aromatic carbocycles. The first-order valence-corrected chi connectivity index (χ1v) is 6.95. The second-order valence-corrected chi connectivity index (χ2v) is 5.76. The van der Waals surface area contributed by atoms with Gasteiger partial charge in [-0.1, -0.05) is 11.6 Å². The molecular weight excluding hydrogens is 281 g/mol. The van der Waals surface area contributed by atoms with E-state index in [1.807, 2.05) is 6.92 Å². The summed E-state index contributed by atoms with van der Waals surface area (Å²) in [5.41, 5.74) is 0.757. The monoisotopic (exact) mass is 295 g/mol. The Hall–Kier alpha value is -0.230. The maximum absolute atomic E-state index is 12.0. The molecule has 0 radical (unpaired) electrons. The molecule has 17 heavy (non-hydrogen) atoms. The molecule has 96 valence electrons. The summed E-state index contributed by atoms with van der Waals surface area (Å²) in [5.74, 6) is 1.08. The van der Waals surface area contributed by atoms with E-state index in [9.17, 15) is 4.21 Å². The predicted octanol–water partition coefficient (Wildman–Crippen LogP) is 1.58. The summed E-state index contributed by atoms with van der Waals surface area (Å²) in [6.45, 7) is 3.77. The van der Waals surface area contributed by atoms with Crippen molar-refractivity contribution in [2.45, 2.75) is 18.5 Å². The topological polar surface area (TPSA) is 54.9 Å². The van der Waals surface area contributed by atoms with Crippen LogP contribution in [0.5, 0.6) is 0 Å². The summed E-state index contributed by atoms with van der Waals surface area (Å²) in [5, 5.41) is 3.97. The molecule has 1 saturated heterocycles. The number of rotatable bonds is 3. The summed E-state index contributed by atoms with van der Waals surface area (Å²) in [6.07, 6.45) is 1.07. The quantitative estimate of drug-likeness (QED) is 0.679. The van der Waals surface area contributed by atoms with Crippen LogP contribution < -0.4 is 5.32 Å². The predicted molar refractivity (Wildman–Crippen MR) is 71.3 cm³/mol. The summed E-state index contributed by atoms with van der Waals surface area (Å²) >= 11 is 5.81. The Bertz CT molecular complexity index is 390. The maximum Gasteiger partial charge on any atom is 0.220 e. The highest BCUT2D eigenvalue weighted by Gasteiger charge is 2.19. The Labute approximate surface area is 114 Å². The minimum atomic E-state index is -1.14. The normalized spacial score (nSPS) is 20.9. The van der Waals surface area contributed by atoms with Gasteiger partial charge in [-0.05, 0) is 38.4 Å². The summed E-state index contributed by atoms with van der Waals surface area (Å²) in [4.78, 5) is 8.17. The van der Waals surface area contributed by atoms with E-state index in [0.29, 0.717) is 22.0 Å². The molecule has 0 aliphatic carbocycles. The van der Waals surface area contributed by atoms with Gasteiger partial charge in [0.1, 0.15) is 5.15 Å². The van der Waals surface area contributed by atoms with Crippen LogP contribution in [0.4, 0.5) is 0 Å². The van der Waals surface area contributed by atoms with E-state index in [1.54, 1.807) is 6.07 Å². The van der Waals surface area contributed by atoms with E-state index in [2.05, 4.69) is 15.3 Å². The Morgan fingerprint density at radius 3 is 2.94 bits per heavy atom. The van der Waals surface area contributed by atoms with Crippen LogP contribution in [-0.4, -0.2) is 33.0 Å². The average Bonchev–Trinajstić information content (AvgIpc) is 2.68. The van der Waals surface area contributed by atoms with Crippen LogP contribution in [0.25, 0.3) is 0 Å². The van der Waals surface area contributed by atoms with Crippen LogP contribution in [0.3, 0.4) is 0 Å². The van der Waals surface area contributed by atoms with E-state index in [0.717, 1.165) is 25.2 Å². The molecule has 2 heterocycles. The van der Waals surface area contributed by atoms with Crippen LogP contribution in [-0.2, 0) is 10.8 Å².